The van der Waals surface area contributed by atoms with Crippen LogP contribution in [-0.2, 0) is 6.61 Å². The average Bonchev–Trinajstić information content (AvgIpc) is 3.40. The van der Waals surface area contributed by atoms with Crippen molar-refractivity contribution in [1.82, 2.24) is 29.9 Å². The fraction of sp³-hybridized carbons (Fsp3) is 0.111. The number of hydrogen-bond acceptors (Lipinski definition) is 6. The lowest BCUT2D eigenvalue weighted by molar-refractivity contribution is -0.0521. The first-order valence-corrected chi connectivity index (χ1v) is 8.33. The standard InChI is InChI=1S/C18H13F3N6O2/c19-14-4-3-13(6-16(14)29-17(20)21)27-9-12(25-26-27)10-28-18-23-7-11(8-24-18)15-2-1-5-22-15/h1-9,17,22H,10H2. The van der Waals surface area contributed by atoms with Gasteiger partial charge in [-0.1, -0.05) is 5.21 Å². The molecule has 0 saturated carbocycles. The van der Waals surface area contributed by atoms with E-state index >= 15 is 0 Å². The van der Waals surface area contributed by atoms with Gasteiger partial charge >= 0.3 is 12.6 Å². The Morgan fingerprint density at radius 1 is 1.14 bits per heavy atom. The minimum atomic E-state index is -3.14. The van der Waals surface area contributed by atoms with Gasteiger partial charge in [0.05, 0.1) is 11.9 Å². The van der Waals surface area contributed by atoms with Crippen LogP contribution in [0.2, 0.25) is 0 Å². The van der Waals surface area contributed by atoms with Crippen molar-refractivity contribution >= 4 is 0 Å². The normalized spacial score (nSPS) is 11.0. The predicted octanol–water partition coefficient (Wildman–Crippen LogP) is 3.37. The van der Waals surface area contributed by atoms with Crippen LogP contribution in [0.15, 0.2) is 55.1 Å². The summed E-state index contributed by atoms with van der Waals surface area (Å²) in [6.07, 6.45) is 6.54. The lowest BCUT2D eigenvalue weighted by Crippen LogP contribution is -2.05. The van der Waals surface area contributed by atoms with E-state index in [1.54, 1.807) is 18.6 Å². The zero-order chi connectivity index (χ0) is 20.2. The molecule has 3 aromatic heterocycles. The van der Waals surface area contributed by atoms with E-state index in [1.165, 1.54) is 16.9 Å². The number of benzene rings is 1. The van der Waals surface area contributed by atoms with E-state index < -0.39 is 18.2 Å². The maximum absolute atomic E-state index is 13.5. The number of nitrogens with one attached hydrogen (secondary N) is 1. The van der Waals surface area contributed by atoms with Crippen LogP contribution in [0.5, 0.6) is 11.8 Å². The first kappa shape index (κ1) is 18.5. The maximum Gasteiger partial charge on any atom is 0.387 e. The van der Waals surface area contributed by atoms with Gasteiger partial charge in [-0.3, -0.25) is 0 Å². The average molecular weight is 402 g/mol. The van der Waals surface area contributed by atoms with E-state index in [4.69, 9.17) is 4.74 Å². The highest BCUT2D eigenvalue weighted by Gasteiger charge is 2.13. The van der Waals surface area contributed by atoms with E-state index in [9.17, 15) is 13.2 Å². The quantitative estimate of drug-likeness (QED) is 0.510. The Morgan fingerprint density at radius 2 is 1.97 bits per heavy atom. The molecule has 3 heterocycles. The summed E-state index contributed by atoms with van der Waals surface area (Å²) in [4.78, 5) is 11.3. The lowest BCUT2D eigenvalue weighted by atomic mass is 10.2. The molecule has 0 fully saturated rings. The number of aromatic nitrogens is 6. The van der Waals surface area contributed by atoms with Gasteiger partial charge in [-0.05, 0) is 24.3 Å². The highest BCUT2D eigenvalue weighted by atomic mass is 19.3. The van der Waals surface area contributed by atoms with Crippen molar-refractivity contribution in [2.24, 2.45) is 0 Å². The van der Waals surface area contributed by atoms with E-state index in [-0.39, 0.29) is 12.6 Å². The SMILES string of the molecule is Fc1ccc(-n2cc(COc3ncc(-c4ccc[nH]4)cn3)nn2)cc1OC(F)F. The number of hydrogen-bond donors (Lipinski definition) is 1. The molecule has 0 aliphatic rings. The summed E-state index contributed by atoms with van der Waals surface area (Å²) in [5.41, 5.74) is 2.43. The molecule has 11 heteroatoms. The van der Waals surface area contributed by atoms with Crippen molar-refractivity contribution < 1.29 is 22.6 Å². The first-order chi connectivity index (χ1) is 14.1. The van der Waals surface area contributed by atoms with Crippen LogP contribution < -0.4 is 9.47 Å². The van der Waals surface area contributed by atoms with Crippen molar-refractivity contribution in [3.8, 4) is 28.7 Å². The maximum atomic E-state index is 13.5. The van der Waals surface area contributed by atoms with Crippen molar-refractivity contribution in [2.75, 3.05) is 0 Å². The molecular weight excluding hydrogens is 389 g/mol. The summed E-state index contributed by atoms with van der Waals surface area (Å²) in [5.74, 6) is -1.49. The molecule has 4 rings (SSSR count). The van der Waals surface area contributed by atoms with Gasteiger partial charge < -0.3 is 14.5 Å². The third-order valence-electron chi connectivity index (χ3n) is 3.82. The molecular formula is C18H13F3N6O2. The van der Waals surface area contributed by atoms with Gasteiger partial charge in [-0.15, -0.1) is 5.10 Å². The molecule has 148 valence electrons. The Balaban J connectivity index is 1.42. The molecule has 4 aromatic rings. The van der Waals surface area contributed by atoms with Crippen molar-refractivity contribution in [3.63, 3.8) is 0 Å². The molecule has 0 amide bonds. The predicted molar refractivity (Wildman–Crippen MR) is 94.1 cm³/mol. The fourth-order valence-corrected chi connectivity index (χ4v) is 2.49. The number of nitrogens with zero attached hydrogens (tertiary/aromatic N) is 5. The van der Waals surface area contributed by atoms with Gasteiger partial charge in [0, 0.05) is 35.9 Å². The van der Waals surface area contributed by atoms with E-state index in [0.29, 0.717) is 11.4 Å². The monoisotopic (exact) mass is 402 g/mol. The van der Waals surface area contributed by atoms with Crippen LogP contribution in [0, 0.1) is 5.82 Å². The molecule has 0 aliphatic heterocycles. The molecule has 1 N–H and O–H groups in total. The summed E-state index contributed by atoms with van der Waals surface area (Å²) >= 11 is 0. The van der Waals surface area contributed by atoms with Crippen molar-refractivity contribution in [1.29, 1.82) is 0 Å². The summed E-state index contributed by atoms with van der Waals surface area (Å²) < 4.78 is 49.1. The fourth-order valence-electron chi connectivity index (χ4n) is 2.49. The largest absolute Gasteiger partial charge is 0.457 e. The van der Waals surface area contributed by atoms with Crippen molar-refractivity contribution in [3.05, 3.63) is 66.6 Å². The number of alkyl halides is 2. The second-order valence-electron chi connectivity index (χ2n) is 5.77. The van der Waals surface area contributed by atoms with Crippen LogP contribution in [0.4, 0.5) is 13.2 Å². The van der Waals surface area contributed by atoms with Gasteiger partial charge in [0.15, 0.2) is 11.6 Å². The summed E-state index contributed by atoms with van der Waals surface area (Å²) in [6.45, 7) is -3.11. The van der Waals surface area contributed by atoms with Crippen LogP contribution >= 0.6 is 0 Å². The molecule has 29 heavy (non-hydrogen) atoms. The summed E-state index contributed by atoms with van der Waals surface area (Å²) in [7, 11) is 0. The second-order valence-corrected chi connectivity index (χ2v) is 5.77. The van der Waals surface area contributed by atoms with E-state index in [0.717, 1.165) is 23.4 Å². The molecule has 0 radical (unpaired) electrons. The van der Waals surface area contributed by atoms with Gasteiger partial charge in [-0.25, -0.2) is 19.0 Å². The van der Waals surface area contributed by atoms with E-state index in [1.807, 2.05) is 12.1 Å². The molecule has 8 nitrogen and oxygen atoms in total. The summed E-state index contributed by atoms with van der Waals surface area (Å²) in [6, 6.07) is 7.38. The Hall–Kier alpha value is -3.89. The molecule has 0 atom stereocenters. The molecule has 0 bridgehead atoms. The minimum absolute atomic E-state index is 0.0312. The minimum Gasteiger partial charge on any atom is -0.457 e. The Morgan fingerprint density at radius 3 is 2.69 bits per heavy atom. The first-order valence-electron chi connectivity index (χ1n) is 8.33. The Labute approximate surface area is 162 Å². The molecule has 1 aromatic carbocycles. The van der Waals surface area contributed by atoms with Crippen LogP contribution in [0.1, 0.15) is 5.69 Å². The molecule has 0 spiro atoms. The summed E-state index contributed by atoms with van der Waals surface area (Å²) in [5, 5.41) is 7.80. The Bertz CT molecular complexity index is 1080. The number of rotatable bonds is 7. The highest BCUT2D eigenvalue weighted by Crippen LogP contribution is 2.23. The van der Waals surface area contributed by atoms with Crippen LogP contribution in [-0.4, -0.2) is 36.6 Å². The second kappa shape index (κ2) is 8.00. The van der Waals surface area contributed by atoms with Gasteiger partial charge in [-0.2, -0.15) is 8.78 Å². The Kier molecular flexibility index (Phi) is 5.10. The van der Waals surface area contributed by atoms with E-state index in [2.05, 4.69) is 30.0 Å². The third kappa shape index (κ3) is 4.34. The number of halogens is 3. The number of H-pyrrole nitrogens is 1. The zero-order valence-corrected chi connectivity index (χ0v) is 14.7. The zero-order valence-electron chi connectivity index (χ0n) is 14.7. The van der Waals surface area contributed by atoms with Crippen molar-refractivity contribution in [2.45, 2.75) is 13.2 Å². The number of ether oxygens (including phenoxy) is 2. The highest BCUT2D eigenvalue weighted by molar-refractivity contribution is 5.56. The third-order valence-corrected chi connectivity index (χ3v) is 3.82. The topological polar surface area (TPSA) is 90.7 Å². The molecule has 0 aliphatic carbocycles. The van der Waals surface area contributed by atoms with Gasteiger partial charge in [0.1, 0.15) is 12.3 Å². The van der Waals surface area contributed by atoms with Crippen LogP contribution in [0.25, 0.3) is 16.9 Å². The van der Waals surface area contributed by atoms with Gasteiger partial charge in [0.2, 0.25) is 0 Å². The lowest BCUT2D eigenvalue weighted by Gasteiger charge is -2.07. The van der Waals surface area contributed by atoms with Crippen LogP contribution in [0.3, 0.4) is 0 Å². The molecule has 0 unspecified atom stereocenters. The van der Waals surface area contributed by atoms with Gasteiger partial charge in [0.25, 0.3) is 0 Å². The smallest absolute Gasteiger partial charge is 0.387 e. The molecule has 0 saturated heterocycles. The number of aromatic amines is 1.